The number of nitrogens with two attached hydrogens (primary N) is 1. The molecule has 0 spiro atoms. The maximum atomic E-state index is 5.76. The minimum atomic E-state index is 0.335. The predicted molar refractivity (Wildman–Crippen MR) is 57.4 cm³/mol. The second-order valence-electron chi connectivity index (χ2n) is 4.02. The van der Waals surface area contributed by atoms with Crippen LogP contribution in [0.5, 0.6) is 0 Å². The van der Waals surface area contributed by atoms with Crippen molar-refractivity contribution in [1.29, 1.82) is 0 Å². The van der Waals surface area contributed by atoms with Crippen molar-refractivity contribution >= 4 is 5.95 Å². The number of hydrogen-bond acceptors (Lipinski definition) is 3. The summed E-state index contributed by atoms with van der Waals surface area (Å²) in [4.78, 5) is 6.67. The summed E-state index contributed by atoms with van der Waals surface area (Å²) in [6, 6.07) is 0.335. The van der Waals surface area contributed by atoms with Gasteiger partial charge in [-0.15, -0.1) is 0 Å². The highest BCUT2D eigenvalue weighted by Gasteiger charge is 2.26. The first kappa shape index (κ1) is 9.52. The van der Waals surface area contributed by atoms with Crippen LogP contribution in [-0.4, -0.2) is 28.7 Å². The summed E-state index contributed by atoms with van der Waals surface area (Å²) in [6.07, 6.45) is 3.08. The molecule has 1 saturated heterocycles. The van der Waals surface area contributed by atoms with Gasteiger partial charge in [0.05, 0.1) is 6.20 Å². The van der Waals surface area contributed by atoms with Gasteiger partial charge in [0.15, 0.2) is 0 Å². The summed E-state index contributed by atoms with van der Waals surface area (Å²) in [5, 5.41) is 0. The molecule has 4 heteroatoms. The van der Waals surface area contributed by atoms with Crippen LogP contribution in [0.4, 0.5) is 5.95 Å². The van der Waals surface area contributed by atoms with E-state index in [1.54, 1.807) is 0 Å². The van der Waals surface area contributed by atoms with E-state index in [1.165, 1.54) is 5.69 Å². The molecule has 0 aliphatic carbocycles. The Balaban J connectivity index is 2.16. The van der Waals surface area contributed by atoms with E-state index in [4.69, 9.17) is 5.73 Å². The lowest BCUT2D eigenvalue weighted by Gasteiger charge is -2.37. The van der Waals surface area contributed by atoms with Crippen LogP contribution >= 0.6 is 0 Å². The molecule has 2 N–H and O–H groups in total. The third kappa shape index (κ3) is 1.50. The lowest BCUT2D eigenvalue weighted by Crippen LogP contribution is -2.56. The van der Waals surface area contributed by atoms with Crippen LogP contribution in [0.15, 0.2) is 6.20 Å². The predicted octanol–water partition coefficient (Wildman–Crippen LogP) is 0.749. The molecule has 78 valence electrons. The zero-order valence-corrected chi connectivity index (χ0v) is 8.90. The minimum absolute atomic E-state index is 0.335. The van der Waals surface area contributed by atoms with Crippen molar-refractivity contribution in [3.8, 4) is 0 Å². The number of rotatable bonds is 3. The van der Waals surface area contributed by atoms with Gasteiger partial charge in [-0.3, -0.25) is 0 Å². The van der Waals surface area contributed by atoms with Crippen molar-refractivity contribution < 1.29 is 0 Å². The number of aryl methyl sites for hydroxylation is 1. The number of aromatic nitrogens is 2. The van der Waals surface area contributed by atoms with Gasteiger partial charge >= 0.3 is 0 Å². The Kier molecular flexibility index (Phi) is 2.46. The monoisotopic (exact) mass is 194 g/mol. The van der Waals surface area contributed by atoms with Crippen molar-refractivity contribution in [3.63, 3.8) is 0 Å². The Bertz CT molecular complexity index is 312. The molecule has 1 aromatic heterocycles. The summed E-state index contributed by atoms with van der Waals surface area (Å²) in [7, 11) is 0. The maximum Gasteiger partial charge on any atom is 0.205 e. The Hall–Kier alpha value is -1.03. The zero-order chi connectivity index (χ0) is 10.1. The molecule has 0 unspecified atom stereocenters. The molecule has 0 atom stereocenters. The summed E-state index contributed by atoms with van der Waals surface area (Å²) >= 11 is 0. The van der Waals surface area contributed by atoms with Crippen LogP contribution in [0.2, 0.25) is 0 Å². The minimum Gasteiger partial charge on any atom is -0.339 e. The number of anilines is 1. The molecule has 0 radical (unpaired) electrons. The van der Waals surface area contributed by atoms with Gasteiger partial charge in [0.1, 0.15) is 0 Å². The van der Waals surface area contributed by atoms with Crippen molar-refractivity contribution in [1.82, 2.24) is 9.55 Å². The Morgan fingerprint density at radius 2 is 2.29 bits per heavy atom. The highest BCUT2D eigenvalue weighted by atomic mass is 15.4. The topological polar surface area (TPSA) is 47.1 Å². The summed E-state index contributed by atoms with van der Waals surface area (Å²) in [6.45, 7) is 7.23. The van der Waals surface area contributed by atoms with Crippen LogP contribution in [0.25, 0.3) is 0 Å². The van der Waals surface area contributed by atoms with Gasteiger partial charge in [-0.1, -0.05) is 6.92 Å². The molecular weight excluding hydrogens is 176 g/mol. The Labute approximate surface area is 84.7 Å². The van der Waals surface area contributed by atoms with E-state index < -0.39 is 0 Å². The molecule has 0 bridgehead atoms. The third-order valence-corrected chi connectivity index (χ3v) is 2.67. The van der Waals surface area contributed by atoms with E-state index in [-0.39, 0.29) is 0 Å². The van der Waals surface area contributed by atoms with Crippen molar-refractivity contribution in [2.45, 2.75) is 32.9 Å². The number of hydrogen-bond donors (Lipinski definition) is 1. The molecule has 0 saturated carbocycles. The highest BCUT2D eigenvalue weighted by Crippen LogP contribution is 2.20. The first-order valence-corrected chi connectivity index (χ1v) is 5.25. The summed E-state index contributed by atoms with van der Waals surface area (Å²) in [5.74, 6) is 1.09. The lowest BCUT2D eigenvalue weighted by molar-refractivity contribution is 0.494. The SMILES string of the molecule is CCCn1c(C)cnc1N1CC(N)C1. The number of nitrogens with zero attached hydrogens (tertiary/aromatic N) is 3. The second kappa shape index (κ2) is 3.61. The van der Waals surface area contributed by atoms with Crippen LogP contribution in [-0.2, 0) is 6.54 Å². The standard InChI is InChI=1S/C10H18N4/c1-3-4-14-8(2)5-12-10(14)13-6-9(11)7-13/h5,9H,3-4,6-7,11H2,1-2H3. The summed E-state index contributed by atoms with van der Waals surface area (Å²) < 4.78 is 2.27. The van der Waals surface area contributed by atoms with Crippen LogP contribution < -0.4 is 10.6 Å². The normalized spacial score (nSPS) is 17.2. The fourth-order valence-electron chi connectivity index (χ4n) is 1.88. The van der Waals surface area contributed by atoms with E-state index in [1.807, 2.05) is 6.20 Å². The molecule has 1 aromatic rings. The van der Waals surface area contributed by atoms with E-state index in [0.717, 1.165) is 32.0 Å². The molecule has 0 amide bonds. The van der Waals surface area contributed by atoms with Crippen LogP contribution in [0.1, 0.15) is 19.0 Å². The van der Waals surface area contributed by atoms with E-state index >= 15 is 0 Å². The first-order valence-electron chi connectivity index (χ1n) is 5.25. The fourth-order valence-corrected chi connectivity index (χ4v) is 1.88. The molecule has 14 heavy (non-hydrogen) atoms. The van der Waals surface area contributed by atoms with Gasteiger partial charge in [-0.25, -0.2) is 4.98 Å². The van der Waals surface area contributed by atoms with Gasteiger partial charge in [0.2, 0.25) is 5.95 Å². The molecule has 0 aromatic carbocycles. The molecule has 2 rings (SSSR count). The maximum absolute atomic E-state index is 5.76. The summed E-state index contributed by atoms with van der Waals surface area (Å²) in [5.41, 5.74) is 7.00. The first-order chi connectivity index (χ1) is 6.72. The molecule has 1 aliphatic rings. The lowest BCUT2D eigenvalue weighted by atomic mass is 10.1. The quantitative estimate of drug-likeness (QED) is 0.772. The molecular formula is C10H18N4. The van der Waals surface area contributed by atoms with E-state index in [9.17, 15) is 0 Å². The largest absolute Gasteiger partial charge is 0.339 e. The second-order valence-corrected chi connectivity index (χ2v) is 4.02. The van der Waals surface area contributed by atoms with E-state index in [2.05, 4.69) is 28.3 Å². The van der Waals surface area contributed by atoms with Crippen LogP contribution in [0.3, 0.4) is 0 Å². The Morgan fingerprint density at radius 3 is 2.86 bits per heavy atom. The van der Waals surface area contributed by atoms with Gasteiger partial charge in [-0.05, 0) is 13.3 Å². The van der Waals surface area contributed by atoms with Gasteiger partial charge < -0.3 is 15.2 Å². The average molecular weight is 194 g/mol. The van der Waals surface area contributed by atoms with Crippen LogP contribution in [0, 0.1) is 6.92 Å². The number of imidazole rings is 1. The average Bonchev–Trinajstić information content (AvgIpc) is 2.44. The molecule has 2 heterocycles. The third-order valence-electron chi connectivity index (χ3n) is 2.67. The molecule has 4 nitrogen and oxygen atoms in total. The van der Waals surface area contributed by atoms with Crippen molar-refractivity contribution in [2.75, 3.05) is 18.0 Å². The Morgan fingerprint density at radius 1 is 1.57 bits per heavy atom. The van der Waals surface area contributed by atoms with Crippen molar-refractivity contribution in [3.05, 3.63) is 11.9 Å². The van der Waals surface area contributed by atoms with Crippen molar-refractivity contribution in [2.24, 2.45) is 5.73 Å². The van der Waals surface area contributed by atoms with Gasteiger partial charge in [0.25, 0.3) is 0 Å². The van der Waals surface area contributed by atoms with Gasteiger partial charge in [-0.2, -0.15) is 0 Å². The van der Waals surface area contributed by atoms with Gasteiger partial charge in [0, 0.05) is 31.4 Å². The molecule has 1 aliphatic heterocycles. The fraction of sp³-hybridized carbons (Fsp3) is 0.700. The van der Waals surface area contributed by atoms with E-state index in [0.29, 0.717) is 6.04 Å². The highest BCUT2D eigenvalue weighted by molar-refractivity contribution is 5.38. The molecule has 1 fully saturated rings. The smallest absolute Gasteiger partial charge is 0.205 e. The zero-order valence-electron chi connectivity index (χ0n) is 8.90.